The van der Waals surface area contributed by atoms with Crippen LogP contribution in [0.1, 0.15) is 28.2 Å². The molecule has 30 heavy (non-hydrogen) atoms. The maximum absolute atomic E-state index is 4.37. The Bertz CT molecular complexity index is 1080. The highest BCUT2D eigenvalue weighted by molar-refractivity contribution is 5.73. The molecule has 146 valence electrons. The number of hydrogen-bond donors (Lipinski definition) is 0. The Labute approximate surface area is 179 Å². The molecule has 0 saturated carbocycles. The van der Waals surface area contributed by atoms with Crippen molar-refractivity contribution in [2.75, 3.05) is 0 Å². The molecule has 0 aliphatic heterocycles. The number of nitrogens with zero attached hydrogens (tertiary/aromatic N) is 1. The fourth-order valence-electron chi connectivity index (χ4n) is 3.68. The third-order valence-corrected chi connectivity index (χ3v) is 5.38. The van der Waals surface area contributed by atoms with Gasteiger partial charge in [-0.15, -0.1) is 0 Å². The van der Waals surface area contributed by atoms with E-state index in [0.29, 0.717) is 0 Å². The highest BCUT2D eigenvalue weighted by Gasteiger charge is 2.13. The monoisotopic (exact) mass is 387 g/mol. The molecule has 0 aromatic heterocycles. The first-order chi connectivity index (χ1) is 14.7. The molecule has 0 heterocycles. The molecule has 1 nitrogen and oxygen atoms in total. The topological polar surface area (TPSA) is 12.4 Å². The van der Waals surface area contributed by atoms with E-state index in [2.05, 4.69) is 122 Å². The van der Waals surface area contributed by atoms with Gasteiger partial charge in [-0.25, -0.2) is 0 Å². The molecule has 1 heteroatoms. The molecule has 0 amide bonds. The van der Waals surface area contributed by atoms with Gasteiger partial charge in [0.1, 0.15) is 0 Å². The maximum atomic E-state index is 4.37. The number of hydrogen-bond acceptors (Lipinski definition) is 1. The first-order valence-electron chi connectivity index (χ1n) is 10.2. The fourth-order valence-corrected chi connectivity index (χ4v) is 3.68. The number of aryl methyl sites for hydroxylation is 1. The molecule has 0 aliphatic rings. The first-order valence-corrected chi connectivity index (χ1v) is 10.2. The minimum atomic E-state index is 0.115. The van der Waals surface area contributed by atoms with Gasteiger partial charge in [0, 0.05) is 5.92 Å². The summed E-state index contributed by atoms with van der Waals surface area (Å²) in [6.07, 6.45) is 2.21. The molecular weight excluding hydrogens is 362 g/mol. The largest absolute Gasteiger partial charge is 0.264 e. The third-order valence-electron chi connectivity index (χ3n) is 5.38. The van der Waals surface area contributed by atoms with Crippen molar-refractivity contribution < 1.29 is 0 Å². The average molecular weight is 388 g/mol. The first kappa shape index (κ1) is 19.6. The normalized spacial score (nSPS) is 11.5. The molecule has 0 radical (unpaired) electrons. The van der Waals surface area contributed by atoms with Crippen LogP contribution < -0.4 is 0 Å². The van der Waals surface area contributed by atoms with E-state index in [1.807, 2.05) is 12.1 Å². The van der Waals surface area contributed by atoms with Crippen LogP contribution in [0, 0.1) is 6.92 Å². The Balaban J connectivity index is 1.70. The van der Waals surface area contributed by atoms with Crippen molar-refractivity contribution in [2.45, 2.75) is 12.8 Å². The van der Waals surface area contributed by atoms with Gasteiger partial charge in [0.15, 0.2) is 0 Å². The Kier molecular flexibility index (Phi) is 6.01. The van der Waals surface area contributed by atoms with Crippen LogP contribution in [-0.4, -0.2) is 6.72 Å². The lowest BCUT2D eigenvalue weighted by Gasteiger charge is -2.16. The quantitative estimate of drug-likeness (QED) is 0.303. The van der Waals surface area contributed by atoms with Crippen LogP contribution in [0.25, 0.3) is 16.8 Å². The summed E-state index contributed by atoms with van der Waals surface area (Å²) in [4.78, 5) is 4.37. The van der Waals surface area contributed by atoms with E-state index in [1.165, 1.54) is 27.8 Å². The second-order valence-corrected chi connectivity index (χ2v) is 7.45. The Morgan fingerprint density at radius 2 is 1.13 bits per heavy atom. The van der Waals surface area contributed by atoms with Crippen LogP contribution in [0.2, 0.25) is 0 Å². The van der Waals surface area contributed by atoms with Gasteiger partial charge in [0.05, 0.1) is 5.70 Å². The Morgan fingerprint density at radius 1 is 0.667 bits per heavy atom. The number of allylic oxidation sites excluding steroid dienone is 1. The lowest BCUT2D eigenvalue weighted by molar-refractivity contribution is 1.02. The summed E-state index contributed by atoms with van der Waals surface area (Å²) >= 11 is 0. The van der Waals surface area contributed by atoms with E-state index in [-0.39, 0.29) is 5.92 Å². The molecule has 0 atom stereocenters. The summed E-state index contributed by atoms with van der Waals surface area (Å²) in [6.45, 7) is 5.96. The van der Waals surface area contributed by atoms with Crippen molar-refractivity contribution >= 4 is 12.4 Å². The standard InChI is InChI=1S/C29H25N/c1-22-13-15-23(16-14-22)24-17-19-27(20-18-24)29(30-2)21-28(25-9-5-3-6-10-25)26-11-7-4-8-12-26/h3-21,28H,2H2,1H3/b29-21-. The average Bonchev–Trinajstić information content (AvgIpc) is 2.82. The molecule has 0 bridgehead atoms. The summed E-state index contributed by atoms with van der Waals surface area (Å²) in [5.74, 6) is 0.115. The molecule has 0 N–H and O–H groups in total. The summed E-state index contributed by atoms with van der Waals surface area (Å²) in [5, 5.41) is 0. The number of rotatable bonds is 6. The minimum absolute atomic E-state index is 0.115. The van der Waals surface area contributed by atoms with E-state index in [4.69, 9.17) is 0 Å². The van der Waals surface area contributed by atoms with Crippen molar-refractivity contribution in [3.8, 4) is 11.1 Å². The zero-order valence-electron chi connectivity index (χ0n) is 17.2. The van der Waals surface area contributed by atoms with Crippen molar-refractivity contribution in [3.05, 3.63) is 138 Å². The van der Waals surface area contributed by atoms with Gasteiger partial charge in [0.2, 0.25) is 0 Å². The van der Waals surface area contributed by atoms with E-state index in [1.54, 1.807) is 0 Å². The second kappa shape index (κ2) is 9.19. The lowest BCUT2D eigenvalue weighted by Crippen LogP contribution is -1.99. The minimum Gasteiger partial charge on any atom is -0.264 e. The van der Waals surface area contributed by atoms with Crippen LogP contribution in [0.3, 0.4) is 0 Å². The molecule has 4 aromatic carbocycles. The van der Waals surface area contributed by atoms with Crippen molar-refractivity contribution in [1.29, 1.82) is 0 Å². The Hall–Kier alpha value is -3.71. The van der Waals surface area contributed by atoms with Gasteiger partial charge in [0.25, 0.3) is 0 Å². The fraction of sp³-hybridized carbons (Fsp3) is 0.0690. The van der Waals surface area contributed by atoms with Gasteiger partial charge in [-0.1, -0.05) is 115 Å². The van der Waals surface area contributed by atoms with Crippen LogP contribution in [0.5, 0.6) is 0 Å². The van der Waals surface area contributed by atoms with E-state index >= 15 is 0 Å². The van der Waals surface area contributed by atoms with Crippen molar-refractivity contribution in [2.24, 2.45) is 4.99 Å². The van der Waals surface area contributed by atoms with Gasteiger partial charge in [-0.05, 0) is 47.5 Å². The summed E-state index contributed by atoms with van der Waals surface area (Å²) in [7, 11) is 0. The predicted octanol–water partition coefficient (Wildman–Crippen LogP) is 7.54. The smallest absolute Gasteiger partial charge is 0.0664 e. The van der Waals surface area contributed by atoms with Gasteiger partial charge in [-0.3, -0.25) is 4.99 Å². The molecule has 0 saturated heterocycles. The van der Waals surface area contributed by atoms with Crippen LogP contribution in [-0.2, 0) is 0 Å². The predicted molar refractivity (Wildman–Crippen MR) is 129 cm³/mol. The summed E-state index contributed by atoms with van der Waals surface area (Å²) < 4.78 is 0. The van der Waals surface area contributed by atoms with E-state index < -0.39 is 0 Å². The lowest BCUT2D eigenvalue weighted by atomic mass is 9.89. The third kappa shape index (κ3) is 4.47. The van der Waals surface area contributed by atoms with E-state index in [0.717, 1.165) is 11.3 Å². The highest BCUT2D eigenvalue weighted by Crippen LogP contribution is 2.31. The molecular formula is C29H25N. The highest BCUT2D eigenvalue weighted by atomic mass is 14.7. The SMILES string of the molecule is C=N/C(=C\C(c1ccccc1)c1ccccc1)c1ccc(-c2ccc(C)cc2)cc1. The molecule has 0 aliphatic carbocycles. The van der Waals surface area contributed by atoms with Crippen LogP contribution >= 0.6 is 0 Å². The molecule has 0 spiro atoms. The molecule has 4 rings (SSSR count). The summed E-state index contributed by atoms with van der Waals surface area (Å²) in [6, 6.07) is 38.2. The van der Waals surface area contributed by atoms with Crippen molar-refractivity contribution in [3.63, 3.8) is 0 Å². The van der Waals surface area contributed by atoms with Gasteiger partial charge in [-0.2, -0.15) is 0 Å². The number of aliphatic imine (C=N–C) groups is 1. The zero-order valence-corrected chi connectivity index (χ0v) is 17.2. The van der Waals surface area contributed by atoms with E-state index in [9.17, 15) is 0 Å². The van der Waals surface area contributed by atoms with Crippen LogP contribution in [0.4, 0.5) is 0 Å². The summed E-state index contributed by atoms with van der Waals surface area (Å²) in [5.41, 5.74) is 8.12. The molecule has 0 fully saturated rings. The van der Waals surface area contributed by atoms with Gasteiger partial charge >= 0.3 is 0 Å². The van der Waals surface area contributed by atoms with Gasteiger partial charge < -0.3 is 0 Å². The maximum Gasteiger partial charge on any atom is 0.0664 e. The zero-order chi connectivity index (χ0) is 20.8. The van der Waals surface area contributed by atoms with Crippen LogP contribution in [0.15, 0.2) is 120 Å². The van der Waals surface area contributed by atoms with Crippen molar-refractivity contribution in [1.82, 2.24) is 0 Å². The molecule has 4 aromatic rings. The second-order valence-electron chi connectivity index (χ2n) is 7.45. The Morgan fingerprint density at radius 3 is 1.60 bits per heavy atom. The molecule has 0 unspecified atom stereocenters. The number of benzene rings is 4.